The molecule has 0 bridgehead atoms. The third-order valence-electron chi connectivity index (χ3n) is 4.00. The van der Waals surface area contributed by atoms with E-state index in [-0.39, 0.29) is 17.4 Å². The van der Waals surface area contributed by atoms with Crippen molar-refractivity contribution in [1.29, 1.82) is 0 Å². The maximum Gasteiger partial charge on any atom is 0.294 e. The van der Waals surface area contributed by atoms with Gasteiger partial charge in [-0.15, -0.1) is 0 Å². The van der Waals surface area contributed by atoms with Crippen LogP contribution in [-0.4, -0.2) is 66.8 Å². The number of ether oxygens (including phenoxy) is 2. The number of imide groups is 1. The van der Waals surface area contributed by atoms with E-state index in [9.17, 15) is 14.4 Å². The average Bonchev–Trinajstić information content (AvgIpc) is 2.90. The summed E-state index contributed by atoms with van der Waals surface area (Å²) < 4.78 is 10.3. The molecule has 2 fully saturated rings. The Morgan fingerprint density at radius 1 is 1.35 bits per heavy atom. The second-order valence-electron chi connectivity index (χ2n) is 5.65. The molecule has 1 aromatic rings. The summed E-state index contributed by atoms with van der Waals surface area (Å²) in [5.41, 5.74) is 0.667. The summed E-state index contributed by atoms with van der Waals surface area (Å²) in [6.07, 6.45) is 1.58. The van der Waals surface area contributed by atoms with Gasteiger partial charge in [0, 0.05) is 13.1 Å². The molecule has 2 heterocycles. The van der Waals surface area contributed by atoms with Crippen molar-refractivity contribution in [2.24, 2.45) is 0 Å². The van der Waals surface area contributed by atoms with Gasteiger partial charge in [0.1, 0.15) is 12.3 Å². The highest BCUT2D eigenvalue weighted by Gasteiger charge is 2.37. The molecule has 3 rings (SSSR count). The van der Waals surface area contributed by atoms with Crippen LogP contribution in [0.15, 0.2) is 23.1 Å². The zero-order valence-corrected chi connectivity index (χ0v) is 15.6. The predicted molar refractivity (Wildman–Crippen MR) is 98.1 cm³/mol. The largest absolute Gasteiger partial charge is 0.495 e. The third-order valence-corrected chi connectivity index (χ3v) is 5.21. The van der Waals surface area contributed by atoms with Gasteiger partial charge in [-0.3, -0.25) is 19.3 Å². The molecule has 1 aromatic carbocycles. The van der Waals surface area contributed by atoms with E-state index in [0.29, 0.717) is 42.6 Å². The van der Waals surface area contributed by atoms with Gasteiger partial charge in [-0.2, -0.15) is 0 Å². The molecule has 0 unspecified atom stereocenters. The van der Waals surface area contributed by atoms with Crippen LogP contribution in [0.25, 0.3) is 6.08 Å². The van der Waals surface area contributed by atoms with Crippen molar-refractivity contribution < 1.29 is 23.9 Å². The Bertz CT molecular complexity index is 776. The Hall–Kier alpha value is -2.03. The van der Waals surface area contributed by atoms with Crippen molar-refractivity contribution in [3.8, 4) is 5.75 Å². The number of amides is 3. The molecule has 138 valence electrons. The molecule has 0 atom stereocenters. The van der Waals surface area contributed by atoms with Crippen molar-refractivity contribution in [2.75, 3.05) is 40.0 Å². The Morgan fingerprint density at radius 2 is 2.08 bits per heavy atom. The molecule has 0 spiro atoms. The van der Waals surface area contributed by atoms with Crippen molar-refractivity contribution in [3.63, 3.8) is 0 Å². The van der Waals surface area contributed by atoms with Crippen LogP contribution in [0.4, 0.5) is 4.79 Å². The van der Waals surface area contributed by atoms with Crippen molar-refractivity contribution in [3.05, 3.63) is 33.7 Å². The Labute approximate surface area is 159 Å². The molecule has 0 aromatic heterocycles. The normalized spacial score (nSPS) is 19.4. The SMILES string of the molecule is COc1ccc(/C=C2/SC(=O)N(CC(=O)N3CCOCC3)C2=O)cc1Cl. The van der Waals surface area contributed by atoms with Crippen LogP contribution in [0.5, 0.6) is 5.75 Å². The van der Waals surface area contributed by atoms with Gasteiger partial charge in [-0.05, 0) is 35.5 Å². The molecule has 2 aliphatic rings. The van der Waals surface area contributed by atoms with Gasteiger partial charge in [0.05, 0.1) is 30.3 Å². The number of benzene rings is 1. The van der Waals surface area contributed by atoms with Crippen LogP contribution >= 0.6 is 23.4 Å². The zero-order valence-electron chi connectivity index (χ0n) is 14.1. The van der Waals surface area contributed by atoms with Crippen LogP contribution in [0, 0.1) is 0 Å². The molecule has 26 heavy (non-hydrogen) atoms. The summed E-state index contributed by atoms with van der Waals surface area (Å²) in [5, 5.41) is -0.0505. The van der Waals surface area contributed by atoms with Crippen LogP contribution in [0.1, 0.15) is 5.56 Å². The summed E-state index contributed by atoms with van der Waals surface area (Å²) in [6.45, 7) is 1.60. The van der Waals surface area contributed by atoms with Gasteiger partial charge in [-0.1, -0.05) is 17.7 Å². The zero-order chi connectivity index (χ0) is 18.7. The maximum absolute atomic E-state index is 12.5. The van der Waals surface area contributed by atoms with Crippen molar-refractivity contribution >= 4 is 46.5 Å². The van der Waals surface area contributed by atoms with E-state index in [0.717, 1.165) is 16.7 Å². The van der Waals surface area contributed by atoms with Crippen molar-refractivity contribution in [1.82, 2.24) is 9.80 Å². The highest BCUT2D eigenvalue weighted by molar-refractivity contribution is 8.18. The summed E-state index contributed by atoms with van der Waals surface area (Å²) in [5.74, 6) is -0.217. The fraction of sp³-hybridized carbons (Fsp3) is 0.353. The topological polar surface area (TPSA) is 76.2 Å². The van der Waals surface area contributed by atoms with Gasteiger partial charge < -0.3 is 14.4 Å². The number of carbonyl (C=O) groups is 3. The Morgan fingerprint density at radius 3 is 2.73 bits per heavy atom. The van der Waals surface area contributed by atoms with E-state index >= 15 is 0 Å². The first kappa shape index (κ1) is 18.8. The van der Waals surface area contributed by atoms with Gasteiger partial charge in [0.25, 0.3) is 11.1 Å². The highest BCUT2D eigenvalue weighted by Crippen LogP contribution is 2.33. The number of rotatable bonds is 4. The Balaban J connectivity index is 1.71. The molecule has 0 N–H and O–H groups in total. The van der Waals surface area contributed by atoms with E-state index in [1.54, 1.807) is 29.2 Å². The van der Waals surface area contributed by atoms with E-state index in [4.69, 9.17) is 21.1 Å². The molecule has 7 nitrogen and oxygen atoms in total. The first-order valence-electron chi connectivity index (χ1n) is 7.94. The van der Waals surface area contributed by atoms with Gasteiger partial charge in [-0.25, -0.2) is 0 Å². The van der Waals surface area contributed by atoms with Crippen molar-refractivity contribution in [2.45, 2.75) is 0 Å². The molecule has 2 aliphatic heterocycles. The first-order chi connectivity index (χ1) is 12.5. The number of hydrogen-bond donors (Lipinski definition) is 0. The van der Waals surface area contributed by atoms with Gasteiger partial charge in [0.2, 0.25) is 5.91 Å². The van der Waals surface area contributed by atoms with E-state index in [2.05, 4.69) is 0 Å². The highest BCUT2D eigenvalue weighted by atomic mass is 35.5. The quantitative estimate of drug-likeness (QED) is 0.726. The van der Waals surface area contributed by atoms with Crippen LogP contribution in [0.2, 0.25) is 5.02 Å². The minimum atomic E-state index is -0.478. The summed E-state index contributed by atoms with van der Waals surface area (Å²) >= 11 is 6.89. The lowest BCUT2D eigenvalue weighted by atomic mass is 10.2. The molecular weight excluding hydrogens is 380 g/mol. The average molecular weight is 397 g/mol. The number of morpholine rings is 1. The minimum Gasteiger partial charge on any atom is -0.495 e. The van der Waals surface area contributed by atoms with E-state index in [1.165, 1.54) is 7.11 Å². The predicted octanol–water partition coefficient (Wildman–Crippen LogP) is 2.24. The molecule has 0 aliphatic carbocycles. The molecule has 3 amide bonds. The summed E-state index contributed by atoms with van der Waals surface area (Å²) in [7, 11) is 1.51. The third kappa shape index (κ3) is 4.03. The monoisotopic (exact) mass is 396 g/mol. The number of hydrogen-bond acceptors (Lipinski definition) is 6. The fourth-order valence-electron chi connectivity index (χ4n) is 2.61. The lowest BCUT2D eigenvalue weighted by Gasteiger charge is -2.28. The minimum absolute atomic E-state index is 0.256. The molecule has 9 heteroatoms. The van der Waals surface area contributed by atoms with Crippen LogP contribution in [-0.2, 0) is 14.3 Å². The smallest absolute Gasteiger partial charge is 0.294 e. The molecule has 2 saturated heterocycles. The number of nitrogens with zero attached hydrogens (tertiary/aromatic N) is 2. The van der Waals surface area contributed by atoms with Gasteiger partial charge in [0.15, 0.2) is 0 Å². The lowest BCUT2D eigenvalue weighted by molar-refractivity contribution is -0.139. The lowest BCUT2D eigenvalue weighted by Crippen LogP contribution is -2.46. The second-order valence-corrected chi connectivity index (χ2v) is 7.06. The number of halogens is 1. The Kier molecular flexibility index (Phi) is 5.85. The maximum atomic E-state index is 12.5. The van der Waals surface area contributed by atoms with Gasteiger partial charge >= 0.3 is 0 Å². The summed E-state index contributed by atoms with van der Waals surface area (Å²) in [4.78, 5) is 39.8. The van der Waals surface area contributed by atoms with E-state index < -0.39 is 11.1 Å². The fourth-order valence-corrected chi connectivity index (χ4v) is 3.71. The van der Waals surface area contributed by atoms with Crippen LogP contribution in [0.3, 0.4) is 0 Å². The molecular formula is C17H17ClN2O5S. The summed E-state index contributed by atoms with van der Waals surface area (Å²) in [6, 6.07) is 5.06. The molecule has 0 saturated carbocycles. The molecule has 0 radical (unpaired) electrons. The first-order valence-corrected chi connectivity index (χ1v) is 9.13. The number of carbonyl (C=O) groups excluding carboxylic acids is 3. The number of methoxy groups -OCH3 is 1. The standard InChI is InChI=1S/C17H17ClN2O5S/c1-24-13-3-2-11(8-12(13)18)9-14-16(22)20(17(23)26-14)10-15(21)19-4-6-25-7-5-19/h2-3,8-9H,4-7,10H2,1H3/b14-9+. The van der Waals surface area contributed by atoms with Crippen LogP contribution < -0.4 is 4.74 Å². The second kappa shape index (κ2) is 8.11. The number of thioether (sulfide) groups is 1. The van der Waals surface area contributed by atoms with E-state index in [1.807, 2.05) is 0 Å².